The molecule has 5 nitrogen and oxygen atoms in total. The maximum Gasteiger partial charge on any atom is 0.200 e. The fourth-order valence-electron chi connectivity index (χ4n) is 2.12. The molecule has 108 valence electrons. The lowest BCUT2D eigenvalue weighted by molar-refractivity contribution is -0.109. The van der Waals surface area contributed by atoms with Gasteiger partial charge >= 0.3 is 0 Å². The lowest BCUT2D eigenvalue weighted by Crippen LogP contribution is -2.12. The summed E-state index contributed by atoms with van der Waals surface area (Å²) in [5.41, 5.74) is 3.15. The zero-order valence-corrected chi connectivity index (χ0v) is 12.2. The summed E-state index contributed by atoms with van der Waals surface area (Å²) in [6.45, 7) is 3.90. The maximum atomic E-state index is 5.31. The van der Waals surface area contributed by atoms with E-state index in [1.165, 1.54) is 5.56 Å². The lowest BCUT2D eigenvalue weighted by Gasteiger charge is -2.16. The van der Waals surface area contributed by atoms with Gasteiger partial charge in [0, 0.05) is 26.5 Å². The molecule has 0 aliphatic carbocycles. The van der Waals surface area contributed by atoms with Gasteiger partial charge in [-0.2, -0.15) is 0 Å². The smallest absolute Gasteiger partial charge is 0.200 e. The average Bonchev–Trinajstić information content (AvgIpc) is 2.96. The molecule has 1 aromatic carbocycles. The van der Waals surface area contributed by atoms with Crippen LogP contribution in [-0.2, 0) is 16.0 Å². The number of nitrogens with zero attached hydrogens (tertiary/aromatic N) is 2. The molecule has 1 N–H and O–H groups in total. The molecule has 0 aliphatic heterocycles. The molecular formula is C15H21N3O2. The van der Waals surface area contributed by atoms with Crippen molar-refractivity contribution in [3.8, 4) is 5.69 Å². The number of imidazole rings is 1. The summed E-state index contributed by atoms with van der Waals surface area (Å²) >= 11 is 0. The molecule has 0 fully saturated rings. The topological polar surface area (TPSA) is 48.3 Å². The monoisotopic (exact) mass is 275 g/mol. The van der Waals surface area contributed by atoms with E-state index in [0.717, 1.165) is 24.5 Å². The Labute approximate surface area is 119 Å². The predicted octanol–water partition coefficient (Wildman–Crippen LogP) is 2.27. The third-order valence-electron chi connectivity index (χ3n) is 3.10. The van der Waals surface area contributed by atoms with Crippen LogP contribution in [0.5, 0.6) is 0 Å². The number of hydrogen-bond donors (Lipinski definition) is 1. The van der Waals surface area contributed by atoms with Crippen LogP contribution in [-0.4, -0.2) is 30.3 Å². The van der Waals surface area contributed by atoms with Gasteiger partial charge in [0.25, 0.3) is 0 Å². The van der Waals surface area contributed by atoms with Crippen molar-refractivity contribution in [1.29, 1.82) is 0 Å². The molecule has 2 rings (SSSR count). The highest BCUT2D eigenvalue weighted by Crippen LogP contribution is 2.21. The molecule has 0 bridgehead atoms. The van der Waals surface area contributed by atoms with E-state index in [0.29, 0.717) is 0 Å². The summed E-state index contributed by atoms with van der Waals surface area (Å²) in [5, 5.41) is 3.32. The van der Waals surface area contributed by atoms with Crippen molar-refractivity contribution < 1.29 is 9.47 Å². The minimum atomic E-state index is -0.421. The fraction of sp³-hybridized carbons (Fsp3) is 0.400. The number of nitrogens with one attached hydrogen (secondary N) is 1. The van der Waals surface area contributed by atoms with Crippen molar-refractivity contribution in [3.63, 3.8) is 0 Å². The first kappa shape index (κ1) is 14.7. The number of rotatable bonds is 7. The van der Waals surface area contributed by atoms with Crippen molar-refractivity contribution in [3.05, 3.63) is 48.0 Å². The maximum absolute atomic E-state index is 5.31. The van der Waals surface area contributed by atoms with Gasteiger partial charge in [-0.25, -0.2) is 4.98 Å². The Bertz CT molecular complexity index is 535. The minimum absolute atomic E-state index is 0.421. The Morgan fingerprint density at radius 3 is 2.80 bits per heavy atom. The lowest BCUT2D eigenvalue weighted by atomic mass is 10.2. The Hall–Kier alpha value is -1.69. The van der Waals surface area contributed by atoms with Gasteiger partial charge in [0.2, 0.25) is 6.29 Å². The molecule has 20 heavy (non-hydrogen) atoms. The number of benzene rings is 1. The van der Waals surface area contributed by atoms with Crippen LogP contribution in [0.2, 0.25) is 0 Å². The van der Waals surface area contributed by atoms with Crippen LogP contribution in [0, 0.1) is 0 Å². The molecule has 0 spiro atoms. The van der Waals surface area contributed by atoms with Crippen molar-refractivity contribution in [2.75, 3.05) is 20.8 Å². The van der Waals surface area contributed by atoms with Crippen LogP contribution in [0.4, 0.5) is 0 Å². The van der Waals surface area contributed by atoms with E-state index in [4.69, 9.17) is 9.47 Å². The summed E-state index contributed by atoms with van der Waals surface area (Å²) in [7, 11) is 3.24. The van der Waals surface area contributed by atoms with E-state index in [1.54, 1.807) is 26.7 Å². The van der Waals surface area contributed by atoms with E-state index in [2.05, 4.69) is 29.4 Å². The predicted molar refractivity (Wildman–Crippen MR) is 77.7 cm³/mol. The summed E-state index contributed by atoms with van der Waals surface area (Å²) in [6, 6.07) is 8.33. The quantitative estimate of drug-likeness (QED) is 0.788. The third kappa shape index (κ3) is 3.25. The SMILES string of the molecule is CCNCc1cccc(-n2cncc2C(OC)OC)c1. The number of aromatic nitrogens is 2. The highest BCUT2D eigenvalue weighted by Gasteiger charge is 2.15. The normalized spacial score (nSPS) is 11.2. The fourth-order valence-corrected chi connectivity index (χ4v) is 2.12. The highest BCUT2D eigenvalue weighted by molar-refractivity contribution is 5.37. The summed E-state index contributed by atoms with van der Waals surface area (Å²) in [6.07, 6.45) is 3.11. The Morgan fingerprint density at radius 1 is 1.30 bits per heavy atom. The number of hydrogen-bond acceptors (Lipinski definition) is 4. The number of ether oxygens (including phenoxy) is 2. The third-order valence-corrected chi connectivity index (χ3v) is 3.10. The zero-order valence-electron chi connectivity index (χ0n) is 12.2. The zero-order chi connectivity index (χ0) is 14.4. The van der Waals surface area contributed by atoms with Gasteiger partial charge in [-0.05, 0) is 24.2 Å². The van der Waals surface area contributed by atoms with Gasteiger partial charge in [-0.15, -0.1) is 0 Å². The van der Waals surface area contributed by atoms with E-state index >= 15 is 0 Å². The summed E-state index contributed by atoms with van der Waals surface area (Å²) < 4.78 is 12.6. The first-order chi connectivity index (χ1) is 9.80. The average molecular weight is 275 g/mol. The van der Waals surface area contributed by atoms with Gasteiger partial charge < -0.3 is 14.8 Å². The highest BCUT2D eigenvalue weighted by atomic mass is 16.7. The molecule has 0 aliphatic rings. The minimum Gasteiger partial charge on any atom is -0.350 e. The first-order valence-electron chi connectivity index (χ1n) is 6.68. The molecule has 0 radical (unpaired) electrons. The van der Waals surface area contributed by atoms with Crippen molar-refractivity contribution >= 4 is 0 Å². The number of methoxy groups -OCH3 is 2. The molecule has 0 atom stereocenters. The van der Waals surface area contributed by atoms with Gasteiger partial charge in [-0.3, -0.25) is 4.57 Å². The Morgan fingerprint density at radius 2 is 2.10 bits per heavy atom. The second-order valence-corrected chi connectivity index (χ2v) is 4.44. The summed E-state index contributed by atoms with van der Waals surface area (Å²) in [4.78, 5) is 4.19. The van der Waals surface area contributed by atoms with E-state index in [9.17, 15) is 0 Å². The standard InChI is InChI=1S/C15H21N3O2/c1-4-16-9-12-6-5-7-13(8-12)18-11-17-10-14(18)15(19-2)20-3/h5-8,10-11,15-16H,4,9H2,1-3H3. The Balaban J connectivity index is 2.30. The molecule has 1 heterocycles. The van der Waals surface area contributed by atoms with Gasteiger partial charge in [0.05, 0.1) is 18.2 Å². The molecule has 1 aromatic heterocycles. The molecule has 2 aromatic rings. The molecular weight excluding hydrogens is 254 g/mol. The van der Waals surface area contributed by atoms with Crippen LogP contribution in [0.25, 0.3) is 5.69 Å². The second kappa shape index (κ2) is 7.19. The largest absolute Gasteiger partial charge is 0.350 e. The van der Waals surface area contributed by atoms with Crippen LogP contribution in [0.1, 0.15) is 24.5 Å². The van der Waals surface area contributed by atoms with Crippen LogP contribution in [0.3, 0.4) is 0 Å². The van der Waals surface area contributed by atoms with Crippen molar-refractivity contribution in [2.24, 2.45) is 0 Å². The molecule has 0 unspecified atom stereocenters. The van der Waals surface area contributed by atoms with E-state index in [1.807, 2.05) is 16.7 Å². The summed E-state index contributed by atoms with van der Waals surface area (Å²) in [5.74, 6) is 0. The van der Waals surface area contributed by atoms with E-state index in [-0.39, 0.29) is 0 Å². The van der Waals surface area contributed by atoms with Crippen LogP contribution in [0.15, 0.2) is 36.8 Å². The second-order valence-electron chi connectivity index (χ2n) is 4.44. The van der Waals surface area contributed by atoms with Gasteiger partial charge in [0.1, 0.15) is 0 Å². The molecule has 0 saturated heterocycles. The van der Waals surface area contributed by atoms with Gasteiger partial charge in [0.15, 0.2) is 0 Å². The van der Waals surface area contributed by atoms with Gasteiger partial charge in [-0.1, -0.05) is 19.1 Å². The van der Waals surface area contributed by atoms with Crippen molar-refractivity contribution in [2.45, 2.75) is 19.8 Å². The van der Waals surface area contributed by atoms with E-state index < -0.39 is 6.29 Å². The molecule has 5 heteroatoms. The first-order valence-corrected chi connectivity index (χ1v) is 6.68. The molecule has 0 saturated carbocycles. The molecule has 0 amide bonds. The van der Waals surface area contributed by atoms with Crippen LogP contribution >= 0.6 is 0 Å². The van der Waals surface area contributed by atoms with Crippen molar-refractivity contribution in [1.82, 2.24) is 14.9 Å². The van der Waals surface area contributed by atoms with Crippen LogP contribution < -0.4 is 5.32 Å². The Kier molecular flexibility index (Phi) is 5.29.